The number of fused-ring (bicyclic) bond motifs is 1. The maximum atomic E-state index is 9.88. The second-order valence-electron chi connectivity index (χ2n) is 6.14. The van der Waals surface area contributed by atoms with Gasteiger partial charge < -0.3 is 24.7 Å². The van der Waals surface area contributed by atoms with Gasteiger partial charge in [0.2, 0.25) is 17.5 Å². The monoisotopic (exact) mass is 410 g/mol. The highest BCUT2D eigenvalue weighted by molar-refractivity contribution is 7.13. The van der Waals surface area contributed by atoms with Crippen molar-refractivity contribution in [3.05, 3.63) is 52.2 Å². The van der Waals surface area contributed by atoms with Gasteiger partial charge >= 0.3 is 0 Å². The lowest BCUT2D eigenvalue weighted by molar-refractivity contribution is 0.321. The van der Waals surface area contributed by atoms with Crippen molar-refractivity contribution in [1.29, 1.82) is 5.26 Å². The summed E-state index contributed by atoms with van der Waals surface area (Å²) in [4.78, 5) is 0.963. The average Bonchev–Trinajstić information content (AvgIpc) is 3.41. The lowest BCUT2D eigenvalue weighted by Gasteiger charge is -2.26. The number of methoxy groups -OCH3 is 3. The van der Waals surface area contributed by atoms with Gasteiger partial charge in [-0.3, -0.25) is 5.10 Å². The Bertz CT molecular complexity index is 1130. The molecule has 3 aromatic rings. The molecule has 29 heavy (non-hydrogen) atoms. The number of ether oxygens (including phenoxy) is 4. The maximum absolute atomic E-state index is 9.88. The van der Waals surface area contributed by atoms with E-state index in [9.17, 15) is 5.26 Å². The fourth-order valence-electron chi connectivity index (χ4n) is 3.52. The van der Waals surface area contributed by atoms with Crippen LogP contribution >= 0.6 is 11.3 Å². The molecule has 148 valence electrons. The van der Waals surface area contributed by atoms with Crippen molar-refractivity contribution in [2.75, 3.05) is 21.3 Å². The standard InChI is InChI=1S/C20H18N4O4S/c1-25-12-7-6-10(17(26-2)18(12)27-3)14-11(9-21)19(22)28-20-15(14)16(23-24-20)13-5-4-8-29-13/h4-8,14H,22H2,1-3H3,(H,23,24)/t14-/m0/s1. The Hall–Kier alpha value is -3.64. The summed E-state index contributed by atoms with van der Waals surface area (Å²) < 4.78 is 22.2. The highest BCUT2D eigenvalue weighted by atomic mass is 32.1. The number of aromatic amines is 1. The SMILES string of the molecule is COc1ccc([C@H]2C(C#N)=C(N)Oc3n[nH]c(-c4cccs4)c32)c(OC)c1OC. The van der Waals surface area contributed by atoms with Crippen molar-refractivity contribution in [3.8, 4) is 39.8 Å². The van der Waals surface area contributed by atoms with Gasteiger partial charge in [0.05, 0.1) is 43.4 Å². The maximum Gasteiger partial charge on any atom is 0.244 e. The van der Waals surface area contributed by atoms with Crippen molar-refractivity contribution < 1.29 is 18.9 Å². The van der Waals surface area contributed by atoms with Crippen LogP contribution in [0.1, 0.15) is 17.0 Å². The fraction of sp³-hybridized carbons (Fsp3) is 0.200. The van der Waals surface area contributed by atoms with E-state index in [1.165, 1.54) is 14.2 Å². The number of thiophene rings is 1. The normalized spacial score (nSPS) is 15.3. The third-order valence-electron chi connectivity index (χ3n) is 4.75. The Kier molecular flexibility index (Phi) is 4.78. The molecule has 0 radical (unpaired) electrons. The second kappa shape index (κ2) is 7.41. The molecule has 0 unspecified atom stereocenters. The highest BCUT2D eigenvalue weighted by Gasteiger charge is 2.38. The van der Waals surface area contributed by atoms with Gasteiger partial charge in [-0.05, 0) is 17.5 Å². The van der Waals surface area contributed by atoms with Crippen LogP contribution in [0.4, 0.5) is 0 Å². The van der Waals surface area contributed by atoms with Gasteiger partial charge in [0.25, 0.3) is 0 Å². The molecule has 1 aliphatic rings. The molecule has 0 aliphatic carbocycles. The number of benzene rings is 1. The minimum Gasteiger partial charge on any atom is -0.493 e. The number of hydrogen-bond acceptors (Lipinski definition) is 8. The molecule has 0 bridgehead atoms. The van der Waals surface area contributed by atoms with Gasteiger partial charge in [-0.25, -0.2) is 0 Å². The average molecular weight is 410 g/mol. The molecule has 4 rings (SSSR count). The second-order valence-corrected chi connectivity index (χ2v) is 7.09. The van der Waals surface area contributed by atoms with Gasteiger partial charge in [-0.15, -0.1) is 16.4 Å². The fourth-order valence-corrected chi connectivity index (χ4v) is 4.25. The summed E-state index contributed by atoms with van der Waals surface area (Å²) in [6, 6.07) is 9.69. The van der Waals surface area contributed by atoms with Crippen LogP contribution in [0.15, 0.2) is 41.1 Å². The number of aromatic nitrogens is 2. The van der Waals surface area contributed by atoms with Gasteiger partial charge in [0, 0.05) is 5.56 Å². The first-order valence-corrected chi connectivity index (χ1v) is 9.51. The molecule has 0 spiro atoms. The van der Waals surface area contributed by atoms with Crippen LogP contribution in [-0.4, -0.2) is 31.5 Å². The Balaban J connectivity index is 2.01. The van der Waals surface area contributed by atoms with E-state index in [4.69, 9.17) is 24.7 Å². The molecule has 8 nitrogen and oxygen atoms in total. The van der Waals surface area contributed by atoms with Crippen LogP contribution < -0.4 is 24.7 Å². The Morgan fingerprint density at radius 3 is 2.59 bits per heavy atom. The van der Waals surface area contributed by atoms with Crippen molar-refractivity contribution in [1.82, 2.24) is 10.2 Å². The van der Waals surface area contributed by atoms with E-state index in [1.54, 1.807) is 24.5 Å². The lowest BCUT2D eigenvalue weighted by Crippen LogP contribution is -2.21. The zero-order valence-corrected chi connectivity index (χ0v) is 16.8. The van der Waals surface area contributed by atoms with E-state index in [2.05, 4.69) is 16.3 Å². The Morgan fingerprint density at radius 1 is 1.17 bits per heavy atom. The molecule has 3 N–H and O–H groups in total. The molecule has 0 saturated heterocycles. The van der Waals surface area contributed by atoms with E-state index >= 15 is 0 Å². The molecule has 0 amide bonds. The summed E-state index contributed by atoms with van der Waals surface area (Å²) in [5, 5.41) is 19.1. The summed E-state index contributed by atoms with van der Waals surface area (Å²) in [5.74, 6) is 1.16. The summed E-state index contributed by atoms with van der Waals surface area (Å²) >= 11 is 1.55. The van der Waals surface area contributed by atoms with Crippen LogP contribution in [0.5, 0.6) is 23.1 Å². The first-order valence-electron chi connectivity index (χ1n) is 8.63. The van der Waals surface area contributed by atoms with Crippen molar-refractivity contribution >= 4 is 11.3 Å². The predicted molar refractivity (Wildman–Crippen MR) is 107 cm³/mol. The van der Waals surface area contributed by atoms with Gasteiger partial charge in [0.15, 0.2) is 11.5 Å². The summed E-state index contributed by atoms with van der Waals surface area (Å²) in [5.41, 5.74) is 8.49. The van der Waals surface area contributed by atoms with Crippen LogP contribution in [0.2, 0.25) is 0 Å². The molecule has 2 aromatic heterocycles. The number of nitrogens with zero attached hydrogens (tertiary/aromatic N) is 2. The largest absolute Gasteiger partial charge is 0.493 e. The number of hydrogen-bond donors (Lipinski definition) is 2. The van der Waals surface area contributed by atoms with Gasteiger partial charge in [-0.2, -0.15) is 5.26 Å². The quantitative estimate of drug-likeness (QED) is 0.662. The molecule has 3 heterocycles. The minimum absolute atomic E-state index is 0.00562. The van der Waals surface area contributed by atoms with Crippen molar-refractivity contribution in [2.24, 2.45) is 5.73 Å². The smallest absolute Gasteiger partial charge is 0.244 e. The first kappa shape index (κ1) is 18.7. The predicted octanol–water partition coefficient (Wildman–Crippen LogP) is 3.38. The molecule has 1 aromatic carbocycles. The van der Waals surface area contributed by atoms with Crippen LogP contribution in [0.3, 0.4) is 0 Å². The number of nitrogens with one attached hydrogen (secondary N) is 1. The third kappa shape index (κ3) is 2.85. The molecular weight excluding hydrogens is 392 g/mol. The number of nitriles is 1. The third-order valence-corrected chi connectivity index (χ3v) is 5.64. The zero-order valence-electron chi connectivity index (χ0n) is 16.0. The Morgan fingerprint density at radius 2 is 1.97 bits per heavy atom. The van der Waals surface area contributed by atoms with E-state index in [-0.39, 0.29) is 11.5 Å². The van der Waals surface area contributed by atoms with E-state index < -0.39 is 5.92 Å². The number of nitrogens with two attached hydrogens (primary N) is 1. The molecule has 0 fully saturated rings. The molecular formula is C20H18N4O4S. The number of allylic oxidation sites excluding steroid dienone is 1. The van der Waals surface area contributed by atoms with Crippen LogP contribution in [-0.2, 0) is 0 Å². The Labute approximate surface area is 171 Å². The minimum atomic E-state index is -0.561. The highest BCUT2D eigenvalue weighted by Crippen LogP contribution is 2.51. The number of H-pyrrole nitrogens is 1. The number of rotatable bonds is 5. The summed E-state index contributed by atoms with van der Waals surface area (Å²) in [6.07, 6.45) is 0. The van der Waals surface area contributed by atoms with E-state index in [1.807, 2.05) is 23.6 Å². The van der Waals surface area contributed by atoms with Crippen molar-refractivity contribution in [2.45, 2.75) is 5.92 Å². The molecule has 1 atom stereocenters. The zero-order chi connectivity index (χ0) is 20.5. The van der Waals surface area contributed by atoms with Gasteiger partial charge in [-0.1, -0.05) is 12.1 Å². The summed E-state index contributed by atoms with van der Waals surface area (Å²) in [6.45, 7) is 0. The molecule has 9 heteroatoms. The topological polar surface area (TPSA) is 115 Å². The van der Waals surface area contributed by atoms with E-state index in [0.29, 0.717) is 34.3 Å². The van der Waals surface area contributed by atoms with Crippen molar-refractivity contribution in [3.63, 3.8) is 0 Å². The molecule has 1 aliphatic heterocycles. The lowest BCUT2D eigenvalue weighted by atomic mass is 9.83. The van der Waals surface area contributed by atoms with E-state index in [0.717, 1.165) is 10.6 Å². The summed E-state index contributed by atoms with van der Waals surface area (Å²) in [7, 11) is 4.62. The van der Waals surface area contributed by atoms with Crippen LogP contribution in [0, 0.1) is 11.3 Å². The molecule has 0 saturated carbocycles. The van der Waals surface area contributed by atoms with Crippen LogP contribution in [0.25, 0.3) is 10.6 Å². The van der Waals surface area contributed by atoms with Gasteiger partial charge in [0.1, 0.15) is 11.6 Å². The first-order chi connectivity index (χ1) is 14.1.